The summed E-state index contributed by atoms with van der Waals surface area (Å²) in [6, 6.07) is 27.4. The zero-order chi connectivity index (χ0) is 24.9. The minimum atomic E-state index is -0.183. The van der Waals surface area contributed by atoms with Gasteiger partial charge in [-0.1, -0.05) is 48.5 Å². The van der Waals surface area contributed by atoms with Crippen molar-refractivity contribution < 1.29 is 14.3 Å². The Labute approximate surface area is 210 Å². The first-order valence-electron chi connectivity index (χ1n) is 12.0. The van der Waals surface area contributed by atoms with Gasteiger partial charge in [0, 0.05) is 29.1 Å². The Balaban J connectivity index is 1.60. The Morgan fingerprint density at radius 1 is 0.861 bits per heavy atom. The van der Waals surface area contributed by atoms with Crippen molar-refractivity contribution in [3.8, 4) is 22.8 Å². The number of nitrogens with one attached hydrogen (secondary N) is 2. The Kier molecular flexibility index (Phi) is 6.67. The smallest absolute Gasteiger partial charge is 0.258 e. The predicted octanol–water partition coefficient (Wildman–Crippen LogP) is 6.48. The number of aromatic nitrogens is 1. The van der Waals surface area contributed by atoms with Crippen molar-refractivity contribution in [2.75, 3.05) is 23.8 Å². The Morgan fingerprint density at radius 3 is 2.22 bits per heavy atom. The molecule has 0 saturated heterocycles. The van der Waals surface area contributed by atoms with Crippen LogP contribution in [0, 0.1) is 0 Å². The molecule has 1 amide bonds. The summed E-state index contributed by atoms with van der Waals surface area (Å²) in [4.78, 5) is 17.7. The van der Waals surface area contributed by atoms with E-state index in [1.165, 1.54) is 0 Å². The molecule has 1 aliphatic heterocycles. The fraction of sp³-hybridized carbons (Fsp3) is 0.133. The van der Waals surface area contributed by atoms with Crippen LogP contribution in [0.2, 0.25) is 0 Å². The molecule has 0 unspecified atom stereocenters. The van der Waals surface area contributed by atoms with Crippen molar-refractivity contribution in [3.63, 3.8) is 0 Å². The lowest BCUT2D eigenvalue weighted by molar-refractivity contribution is -0.110. The highest BCUT2D eigenvalue weighted by Crippen LogP contribution is 2.43. The first-order chi connectivity index (χ1) is 17.7. The number of fused-ring (bicyclic) bond motifs is 1. The number of benzene rings is 3. The van der Waals surface area contributed by atoms with Gasteiger partial charge in [0.1, 0.15) is 0 Å². The summed E-state index contributed by atoms with van der Waals surface area (Å²) in [7, 11) is 0. The number of amides is 1. The van der Waals surface area contributed by atoms with Crippen molar-refractivity contribution >= 4 is 28.6 Å². The average molecular weight is 478 g/mol. The molecule has 6 heteroatoms. The fourth-order valence-corrected chi connectivity index (χ4v) is 4.25. The molecule has 2 N–H and O–H groups in total. The van der Waals surface area contributed by atoms with Crippen molar-refractivity contribution in [1.82, 2.24) is 4.98 Å². The van der Waals surface area contributed by atoms with E-state index < -0.39 is 0 Å². The Hall–Kier alpha value is -4.58. The average Bonchev–Trinajstić information content (AvgIpc) is 3.23. The summed E-state index contributed by atoms with van der Waals surface area (Å²) in [6.07, 6.45) is 1.78. The van der Waals surface area contributed by atoms with Gasteiger partial charge in [-0.2, -0.15) is 0 Å². The molecule has 36 heavy (non-hydrogen) atoms. The highest BCUT2D eigenvalue weighted by molar-refractivity contribution is 6.37. The van der Waals surface area contributed by atoms with E-state index in [0.717, 1.165) is 28.1 Å². The summed E-state index contributed by atoms with van der Waals surface area (Å²) in [5, 5.41) is 6.51. The first-order valence-corrected chi connectivity index (χ1v) is 12.0. The molecule has 0 spiro atoms. The third-order valence-corrected chi connectivity index (χ3v) is 5.86. The summed E-state index contributed by atoms with van der Waals surface area (Å²) < 4.78 is 11.6. The second kappa shape index (κ2) is 10.4. The van der Waals surface area contributed by atoms with Gasteiger partial charge in [-0.25, -0.2) is 0 Å². The standard InChI is InChI=1S/C30H27N3O3/c1-3-35-26-18-23-25(19-27(26)36-4-2)33-30(34)28(23)29(21-10-6-5-7-11-21)32-22-15-13-20(14-16-22)24-12-8-9-17-31-24/h5-19,32H,3-4H2,1-2H3,(H,33,34). The maximum Gasteiger partial charge on any atom is 0.258 e. The van der Waals surface area contributed by atoms with Gasteiger partial charge in [0.2, 0.25) is 0 Å². The van der Waals surface area contributed by atoms with E-state index in [-0.39, 0.29) is 5.91 Å². The number of nitrogens with zero attached hydrogens (tertiary/aromatic N) is 1. The van der Waals surface area contributed by atoms with Gasteiger partial charge in [0.15, 0.2) is 11.5 Å². The maximum absolute atomic E-state index is 13.3. The molecular formula is C30H27N3O3. The van der Waals surface area contributed by atoms with Crippen molar-refractivity contribution in [2.45, 2.75) is 13.8 Å². The summed E-state index contributed by atoms with van der Waals surface area (Å²) in [6.45, 7) is 4.84. The molecule has 3 aromatic carbocycles. The maximum atomic E-state index is 13.3. The second-order valence-corrected chi connectivity index (χ2v) is 8.20. The first kappa shape index (κ1) is 23.2. The van der Waals surface area contributed by atoms with Crippen molar-refractivity contribution in [3.05, 3.63) is 102 Å². The number of carbonyl (C=O) groups excluding carboxylic acids is 1. The van der Waals surface area contributed by atoms with Crippen LogP contribution in [-0.2, 0) is 4.79 Å². The van der Waals surface area contributed by atoms with Gasteiger partial charge in [-0.15, -0.1) is 0 Å². The van der Waals surface area contributed by atoms with E-state index in [9.17, 15) is 4.79 Å². The summed E-state index contributed by atoms with van der Waals surface area (Å²) >= 11 is 0. The molecule has 2 heterocycles. The molecule has 0 bridgehead atoms. The Morgan fingerprint density at radius 2 is 1.56 bits per heavy atom. The third-order valence-electron chi connectivity index (χ3n) is 5.86. The van der Waals surface area contributed by atoms with Gasteiger partial charge in [0.05, 0.1) is 35.9 Å². The van der Waals surface area contributed by atoms with Gasteiger partial charge < -0.3 is 20.1 Å². The van der Waals surface area contributed by atoms with Crippen LogP contribution in [0.3, 0.4) is 0 Å². The lowest BCUT2D eigenvalue weighted by Gasteiger charge is -2.16. The molecule has 6 nitrogen and oxygen atoms in total. The second-order valence-electron chi connectivity index (χ2n) is 8.20. The van der Waals surface area contributed by atoms with Crippen LogP contribution in [0.1, 0.15) is 25.0 Å². The van der Waals surface area contributed by atoms with Crippen LogP contribution in [-0.4, -0.2) is 24.1 Å². The van der Waals surface area contributed by atoms with Crippen LogP contribution in [0.5, 0.6) is 11.5 Å². The number of ether oxygens (including phenoxy) is 2. The van der Waals surface area contributed by atoms with Crippen LogP contribution in [0.25, 0.3) is 22.5 Å². The van der Waals surface area contributed by atoms with E-state index >= 15 is 0 Å². The molecule has 0 atom stereocenters. The molecule has 5 rings (SSSR count). The number of hydrogen-bond donors (Lipinski definition) is 2. The zero-order valence-electron chi connectivity index (χ0n) is 20.2. The molecule has 0 saturated carbocycles. The fourth-order valence-electron chi connectivity index (χ4n) is 4.25. The van der Waals surface area contributed by atoms with Crippen LogP contribution in [0.4, 0.5) is 11.4 Å². The number of hydrogen-bond acceptors (Lipinski definition) is 5. The molecule has 1 aliphatic rings. The van der Waals surface area contributed by atoms with Gasteiger partial charge >= 0.3 is 0 Å². The minimum Gasteiger partial charge on any atom is -0.490 e. The van der Waals surface area contributed by atoms with Crippen molar-refractivity contribution in [1.29, 1.82) is 0 Å². The number of carbonyl (C=O) groups is 1. The summed E-state index contributed by atoms with van der Waals surface area (Å²) in [5.74, 6) is 1.04. The van der Waals surface area contributed by atoms with E-state index in [1.807, 2.05) is 98.8 Å². The topological polar surface area (TPSA) is 72.5 Å². The highest BCUT2D eigenvalue weighted by Gasteiger charge is 2.30. The molecule has 180 valence electrons. The zero-order valence-corrected chi connectivity index (χ0v) is 20.2. The van der Waals surface area contributed by atoms with Gasteiger partial charge in [0.25, 0.3) is 5.91 Å². The molecule has 1 aromatic heterocycles. The normalized spacial score (nSPS) is 13.6. The largest absolute Gasteiger partial charge is 0.490 e. The lowest BCUT2D eigenvalue weighted by atomic mass is 9.99. The SMILES string of the molecule is CCOc1cc2c(cc1OCC)C(=C(Nc1ccc(-c3ccccn3)cc1)c1ccccc1)C(=O)N2. The summed E-state index contributed by atoms with van der Waals surface area (Å²) in [5.41, 5.74) is 6.41. The highest BCUT2D eigenvalue weighted by atomic mass is 16.5. The molecular weight excluding hydrogens is 450 g/mol. The van der Waals surface area contributed by atoms with E-state index in [1.54, 1.807) is 6.20 Å². The van der Waals surface area contributed by atoms with Gasteiger partial charge in [-0.05, 0) is 49.7 Å². The van der Waals surface area contributed by atoms with E-state index in [2.05, 4.69) is 15.6 Å². The van der Waals surface area contributed by atoms with Crippen LogP contribution in [0.15, 0.2) is 91.1 Å². The van der Waals surface area contributed by atoms with Crippen LogP contribution >= 0.6 is 0 Å². The molecule has 0 radical (unpaired) electrons. The molecule has 0 fully saturated rings. The number of rotatable bonds is 8. The number of pyridine rings is 1. The van der Waals surface area contributed by atoms with Gasteiger partial charge in [-0.3, -0.25) is 9.78 Å². The van der Waals surface area contributed by atoms with Crippen molar-refractivity contribution in [2.24, 2.45) is 0 Å². The minimum absolute atomic E-state index is 0.183. The quantitative estimate of drug-likeness (QED) is 0.284. The Bertz CT molecular complexity index is 1400. The number of anilines is 2. The predicted molar refractivity (Wildman–Crippen MR) is 144 cm³/mol. The van der Waals surface area contributed by atoms with Crippen LogP contribution < -0.4 is 20.1 Å². The third kappa shape index (κ3) is 4.66. The van der Waals surface area contributed by atoms with E-state index in [4.69, 9.17) is 9.47 Å². The molecule has 4 aromatic rings. The molecule has 0 aliphatic carbocycles. The van der Waals surface area contributed by atoms with E-state index in [0.29, 0.717) is 41.7 Å². The lowest BCUT2D eigenvalue weighted by Crippen LogP contribution is -2.10. The monoisotopic (exact) mass is 477 g/mol.